The molecule has 0 bridgehead atoms. The van der Waals surface area contributed by atoms with Gasteiger partial charge in [-0.3, -0.25) is 9.59 Å². The molecule has 4 rings (SSSR count). The van der Waals surface area contributed by atoms with E-state index < -0.39 is 0 Å². The lowest BCUT2D eigenvalue weighted by atomic mass is 10.1. The molecule has 0 saturated carbocycles. The third-order valence-corrected chi connectivity index (χ3v) is 7.89. The molecule has 2 aromatic carbocycles. The zero-order valence-electron chi connectivity index (χ0n) is 22.1. The van der Waals surface area contributed by atoms with Crippen molar-refractivity contribution in [3.05, 3.63) is 70.9 Å². The first-order chi connectivity index (χ1) is 19.4. The number of carbonyl (C=O) groups excluding carboxylic acids is 2. The van der Waals surface area contributed by atoms with Crippen molar-refractivity contribution in [1.29, 1.82) is 0 Å². The predicted octanol–water partition coefficient (Wildman–Crippen LogP) is 4.40. The van der Waals surface area contributed by atoms with E-state index in [0.29, 0.717) is 72.1 Å². The number of para-hydroxylation sites is 1. The van der Waals surface area contributed by atoms with Crippen LogP contribution in [0.15, 0.2) is 54.7 Å². The van der Waals surface area contributed by atoms with E-state index in [1.54, 1.807) is 68.4 Å². The predicted molar refractivity (Wildman–Crippen MR) is 164 cm³/mol. The molecule has 1 aromatic heterocycles. The molecule has 3 N–H and O–H groups in total. The van der Waals surface area contributed by atoms with Crippen LogP contribution in [0.1, 0.15) is 20.7 Å². The number of thiocarbonyl (C=S) groups is 1. The van der Waals surface area contributed by atoms with Crippen molar-refractivity contribution in [2.24, 2.45) is 0 Å². The molecule has 210 valence electrons. The molecule has 0 radical (unpaired) electrons. The third-order valence-electron chi connectivity index (χ3n) is 6.12. The topological polar surface area (TPSA) is 112 Å². The highest BCUT2D eigenvalue weighted by atomic mass is 35.5. The van der Waals surface area contributed by atoms with Gasteiger partial charge in [-0.05, 0) is 36.4 Å². The fourth-order valence-electron chi connectivity index (χ4n) is 3.97. The minimum Gasteiger partial charge on any atom is -0.384 e. The second-order valence-electron chi connectivity index (χ2n) is 8.73. The number of benzene rings is 2. The third kappa shape index (κ3) is 7.60. The van der Waals surface area contributed by atoms with Crippen molar-refractivity contribution in [2.75, 3.05) is 63.3 Å². The average molecular weight is 600 g/mol. The lowest BCUT2D eigenvalue weighted by Crippen LogP contribution is -2.49. The van der Waals surface area contributed by atoms with Gasteiger partial charge in [-0.25, -0.2) is 4.98 Å². The molecule has 1 fully saturated rings. The van der Waals surface area contributed by atoms with Crippen LogP contribution in [0, 0.1) is 0 Å². The molecule has 1 aliphatic heterocycles. The summed E-state index contributed by atoms with van der Waals surface area (Å²) in [6, 6.07) is 14.2. The number of methoxy groups -OCH3 is 1. The van der Waals surface area contributed by atoms with Crippen molar-refractivity contribution in [3.8, 4) is 0 Å². The van der Waals surface area contributed by atoms with Gasteiger partial charge in [0.15, 0.2) is 5.82 Å². The Bertz CT molecular complexity index is 1350. The quantitative estimate of drug-likeness (QED) is 0.242. The van der Waals surface area contributed by atoms with E-state index in [9.17, 15) is 9.59 Å². The summed E-state index contributed by atoms with van der Waals surface area (Å²) in [6.07, 6.45) is 1.47. The van der Waals surface area contributed by atoms with Gasteiger partial charge in [0.25, 0.3) is 11.8 Å². The molecule has 1 aliphatic rings. The Morgan fingerprint density at radius 1 is 1.05 bits per heavy atom. The number of nitrogens with one attached hydrogen (secondary N) is 3. The fourth-order valence-corrected chi connectivity index (χ4v) is 5.33. The van der Waals surface area contributed by atoms with Crippen LogP contribution in [0.3, 0.4) is 0 Å². The standard InChI is InChI=1S/C27H30ClN7O3S2/c1-29-24(36)20-5-3-4-6-22(20)32-23-21(28)17-30-26(33-23)31-19-9-7-18(8-10-19)25(37)34-11-13-35(14-12-34)27(39)40-16-15-38-2/h3-10,17H,11-16H2,1-2H3,(H,29,36)(H2,30,31,32,33). The van der Waals surface area contributed by atoms with E-state index in [0.717, 1.165) is 10.1 Å². The lowest BCUT2D eigenvalue weighted by molar-refractivity contribution is 0.0694. The van der Waals surface area contributed by atoms with E-state index in [-0.39, 0.29) is 11.8 Å². The highest BCUT2D eigenvalue weighted by molar-refractivity contribution is 8.22. The van der Waals surface area contributed by atoms with E-state index in [1.807, 2.05) is 11.0 Å². The number of amides is 2. The van der Waals surface area contributed by atoms with Gasteiger partial charge in [-0.1, -0.05) is 47.7 Å². The summed E-state index contributed by atoms with van der Waals surface area (Å²) < 4.78 is 5.93. The summed E-state index contributed by atoms with van der Waals surface area (Å²) in [7, 11) is 3.24. The highest BCUT2D eigenvalue weighted by Gasteiger charge is 2.23. The first kappa shape index (κ1) is 29.5. The molecule has 0 aliphatic carbocycles. The van der Waals surface area contributed by atoms with Gasteiger partial charge >= 0.3 is 0 Å². The summed E-state index contributed by atoms with van der Waals surface area (Å²) in [5, 5.41) is 9.16. The summed E-state index contributed by atoms with van der Waals surface area (Å²) in [5.74, 6) is 1.22. The molecule has 2 heterocycles. The van der Waals surface area contributed by atoms with Crippen molar-refractivity contribution in [2.45, 2.75) is 0 Å². The van der Waals surface area contributed by atoms with Crippen molar-refractivity contribution < 1.29 is 14.3 Å². The molecule has 2 amide bonds. The first-order valence-corrected chi connectivity index (χ1v) is 14.3. The second-order valence-corrected chi connectivity index (χ2v) is 10.9. The SMILES string of the molecule is CNC(=O)c1ccccc1Nc1nc(Nc2ccc(C(=O)N3CCN(C(=S)SCCOC)CC3)cc2)ncc1Cl. The van der Waals surface area contributed by atoms with Crippen LogP contribution in [0.25, 0.3) is 0 Å². The van der Waals surface area contributed by atoms with Crippen molar-refractivity contribution in [3.63, 3.8) is 0 Å². The van der Waals surface area contributed by atoms with E-state index >= 15 is 0 Å². The zero-order chi connectivity index (χ0) is 28.5. The van der Waals surface area contributed by atoms with Gasteiger partial charge in [-0.2, -0.15) is 4.98 Å². The Morgan fingerprint density at radius 3 is 2.45 bits per heavy atom. The Hall–Kier alpha value is -3.45. The molecule has 1 saturated heterocycles. The maximum atomic E-state index is 13.1. The summed E-state index contributed by atoms with van der Waals surface area (Å²) >= 11 is 13.4. The van der Waals surface area contributed by atoms with Crippen LogP contribution >= 0.6 is 35.6 Å². The number of piperazine rings is 1. The van der Waals surface area contributed by atoms with Crippen LogP contribution in [-0.2, 0) is 4.74 Å². The number of rotatable bonds is 9. The zero-order valence-corrected chi connectivity index (χ0v) is 24.5. The number of hydrogen-bond acceptors (Lipinski definition) is 9. The van der Waals surface area contributed by atoms with Crippen LogP contribution in [-0.4, -0.2) is 88.6 Å². The maximum absolute atomic E-state index is 13.1. The molecule has 40 heavy (non-hydrogen) atoms. The molecular formula is C27H30ClN7O3S2. The number of nitrogens with zero attached hydrogens (tertiary/aromatic N) is 4. The Morgan fingerprint density at radius 2 is 1.75 bits per heavy atom. The number of ether oxygens (including phenoxy) is 1. The molecule has 3 aromatic rings. The fraction of sp³-hybridized carbons (Fsp3) is 0.296. The monoisotopic (exact) mass is 599 g/mol. The van der Waals surface area contributed by atoms with Crippen LogP contribution in [0.2, 0.25) is 5.02 Å². The summed E-state index contributed by atoms with van der Waals surface area (Å²) in [5.41, 5.74) is 2.32. The van der Waals surface area contributed by atoms with Gasteiger partial charge in [0.2, 0.25) is 5.95 Å². The van der Waals surface area contributed by atoms with Gasteiger partial charge in [0.05, 0.1) is 24.1 Å². The number of anilines is 4. The van der Waals surface area contributed by atoms with E-state index in [1.165, 1.54) is 6.20 Å². The van der Waals surface area contributed by atoms with Crippen LogP contribution < -0.4 is 16.0 Å². The summed E-state index contributed by atoms with van der Waals surface area (Å²) in [4.78, 5) is 38.0. The molecule has 10 nitrogen and oxygen atoms in total. The minimum absolute atomic E-state index is 0.0202. The number of halogens is 1. The number of carbonyl (C=O) groups is 2. The molecule has 0 spiro atoms. The van der Waals surface area contributed by atoms with E-state index in [2.05, 4.69) is 30.8 Å². The lowest BCUT2D eigenvalue weighted by Gasteiger charge is -2.36. The number of thioether (sulfide) groups is 1. The first-order valence-electron chi connectivity index (χ1n) is 12.6. The minimum atomic E-state index is -0.233. The van der Waals surface area contributed by atoms with Gasteiger partial charge in [-0.15, -0.1) is 0 Å². The average Bonchev–Trinajstić information content (AvgIpc) is 2.99. The largest absolute Gasteiger partial charge is 0.384 e. The van der Waals surface area contributed by atoms with E-state index in [4.69, 9.17) is 28.6 Å². The maximum Gasteiger partial charge on any atom is 0.253 e. The van der Waals surface area contributed by atoms with Crippen molar-refractivity contribution in [1.82, 2.24) is 25.1 Å². The number of aromatic nitrogens is 2. The Balaban J connectivity index is 1.36. The second kappa shape index (κ2) is 14.3. The smallest absolute Gasteiger partial charge is 0.253 e. The van der Waals surface area contributed by atoms with Crippen molar-refractivity contribution >= 4 is 74.9 Å². The molecule has 0 atom stereocenters. The summed E-state index contributed by atoms with van der Waals surface area (Å²) in [6.45, 7) is 3.30. The van der Waals surface area contributed by atoms with Gasteiger partial charge in [0, 0.05) is 57.3 Å². The highest BCUT2D eigenvalue weighted by Crippen LogP contribution is 2.27. The molecule has 0 unspecified atom stereocenters. The van der Waals surface area contributed by atoms with Gasteiger partial charge in [0.1, 0.15) is 9.34 Å². The van der Waals surface area contributed by atoms with Crippen LogP contribution in [0.5, 0.6) is 0 Å². The molecule has 13 heteroatoms. The number of hydrogen-bond donors (Lipinski definition) is 3. The van der Waals surface area contributed by atoms with Gasteiger partial charge < -0.3 is 30.5 Å². The molecular weight excluding hydrogens is 570 g/mol. The van der Waals surface area contributed by atoms with Crippen LogP contribution in [0.4, 0.5) is 23.1 Å². The Labute approximate surface area is 247 Å². The normalized spacial score (nSPS) is 13.1. The Kier molecular flexibility index (Phi) is 10.5.